The molecule has 0 atom stereocenters. The molecule has 0 aliphatic rings. The lowest BCUT2D eigenvalue weighted by Gasteiger charge is -2.06. The van der Waals surface area contributed by atoms with Crippen LogP contribution in [-0.2, 0) is 7.05 Å². The van der Waals surface area contributed by atoms with Crippen LogP contribution in [0.3, 0.4) is 0 Å². The molecule has 8 heteroatoms. The average Bonchev–Trinajstić information content (AvgIpc) is 3.21. The van der Waals surface area contributed by atoms with Crippen molar-refractivity contribution in [1.82, 2.24) is 29.4 Å². The van der Waals surface area contributed by atoms with Crippen LogP contribution in [0.25, 0.3) is 16.8 Å². The summed E-state index contributed by atoms with van der Waals surface area (Å²) in [7, 11) is 3.47. The molecule has 0 amide bonds. The van der Waals surface area contributed by atoms with Crippen LogP contribution >= 0.6 is 0 Å². The number of aromatic nitrogens is 6. The molecule has 4 aromatic rings. The zero-order chi connectivity index (χ0) is 16.5. The van der Waals surface area contributed by atoms with Crippen molar-refractivity contribution in [2.24, 2.45) is 7.05 Å². The van der Waals surface area contributed by atoms with E-state index in [0.717, 1.165) is 22.5 Å². The smallest absolute Gasteiger partial charge is 0.213 e. The summed E-state index contributed by atoms with van der Waals surface area (Å²) in [5.74, 6) is 1.28. The molecule has 1 N–H and O–H groups in total. The Labute approximate surface area is 137 Å². The van der Waals surface area contributed by atoms with E-state index in [4.69, 9.17) is 4.74 Å². The normalized spacial score (nSPS) is 10.9. The highest BCUT2D eigenvalue weighted by Crippen LogP contribution is 2.24. The Morgan fingerprint density at radius 1 is 1.08 bits per heavy atom. The zero-order valence-electron chi connectivity index (χ0n) is 13.2. The fourth-order valence-electron chi connectivity index (χ4n) is 2.43. The SMILES string of the molecule is COc1ccc(Nc2ccn3ncc(-c4cnn(C)c4)c3n2)cn1. The number of aryl methyl sites for hydroxylation is 1. The summed E-state index contributed by atoms with van der Waals surface area (Å²) in [5, 5.41) is 11.8. The lowest BCUT2D eigenvalue weighted by Crippen LogP contribution is -1.98. The van der Waals surface area contributed by atoms with Crippen LogP contribution in [0.5, 0.6) is 5.88 Å². The van der Waals surface area contributed by atoms with Gasteiger partial charge in [-0.2, -0.15) is 10.2 Å². The summed E-state index contributed by atoms with van der Waals surface area (Å²) in [6.07, 6.45) is 9.08. The number of fused-ring (bicyclic) bond motifs is 1. The molecule has 0 saturated heterocycles. The number of hydrogen-bond acceptors (Lipinski definition) is 6. The maximum atomic E-state index is 5.06. The van der Waals surface area contributed by atoms with Gasteiger partial charge in [0.1, 0.15) is 5.82 Å². The van der Waals surface area contributed by atoms with Gasteiger partial charge in [0.15, 0.2) is 5.65 Å². The first-order valence-electron chi connectivity index (χ1n) is 7.33. The van der Waals surface area contributed by atoms with Gasteiger partial charge < -0.3 is 10.1 Å². The number of anilines is 2. The number of nitrogens with one attached hydrogen (secondary N) is 1. The Morgan fingerprint density at radius 2 is 2.00 bits per heavy atom. The molecule has 4 rings (SSSR count). The van der Waals surface area contributed by atoms with Gasteiger partial charge in [-0.25, -0.2) is 14.5 Å². The fourth-order valence-corrected chi connectivity index (χ4v) is 2.43. The Kier molecular flexibility index (Phi) is 3.34. The van der Waals surface area contributed by atoms with Crippen molar-refractivity contribution in [2.45, 2.75) is 0 Å². The molecule has 0 radical (unpaired) electrons. The van der Waals surface area contributed by atoms with E-state index in [1.807, 2.05) is 31.6 Å². The van der Waals surface area contributed by atoms with Crippen LogP contribution < -0.4 is 10.1 Å². The largest absolute Gasteiger partial charge is 0.481 e. The number of ether oxygens (including phenoxy) is 1. The molecule has 0 saturated carbocycles. The van der Waals surface area contributed by atoms with Gasteiger partial charge in [-0.3, -0.25) is 4.68 Å². The zero-order valence-corrected chi connectivity index (χ0v) is 13.2. The van der Waals surface area contributed by atoms with Crippen LogP contribution in [0.1, 0.15) is 0 Å². The molecule has 0 fully saturated rings. The van der Waals surface area contributed by atoms with Gasteiger partial charge in [0, 0.05) is 36.6 Å². The molecule has 0 spiro atoms. The van der Waals surface area contributed by atoms with Crippen LogP contribution in [0.15, 0.2) is 49.2 Å². The van der Waals surface area contributed by atoms with Crippen molar-refractivity contribution < 1.29 is 4.74 Å². The minimum atomic E-state index is 0.568. The molecule has 0 aromatic carbocycles. The van der Waals surface area contributed by atoms with Gasteiger partial charge in [-0.05, 0) is 12.1 Å². The van der Waals surface area contributed by atoms with Gasteiger partial charge in [-0.1, -0.05) is 0 Å². The third kappa shape index (κ3) is 2.54. The van der Waals surface area contributed by atoms with E-state index in [-0.39, 0.29) is 0 Å². The third-order valence-electron chi connectivity index (χ3n) is 3.60. The van der Waals surface area contributed by atoms with Crippen molar-refractivity contribution in [1.29, 1.82) is 0 Å². The number of hydrogen-bond donors (Lipinski definition) is 1. The second kappa shape index (κ2) is 5.65. The summed E-state index contributed by atoms with van der Waals surface area (Å²) >= 11 is 0. The molecule has 120 valence electrons. The van der Waals surface area contributed by atoms with Gasteiger partial charge >= 0.3 is 0 Å². The number of pyridine rings is 1. The summed E-state index contributed by atoms with van der Waals surface area (Å²) < 4.78 is 8.55. The van der Waals surface area contributed by atoms with Crippen molar-refractivity contribution in [3.05, 3.63) is 49.2 Å². The predicted molar refractivity (Wildman–Crippen MR) is 89.3 cm³/mol. The highest BCUT2D eigenvalue weighted by atomic mass is 16.5. The molecule has 8 nitrogen and oxygen atoms in total. The molecular formula is C16H15N7O. The van der Waals surface area contributed by atoms with E-state index in [0.29, 0.717) is 11.7 Å². The predicted octanol–water partition coefficient (Wildman–Crippen LogP) is 2.28. The molecule has 0 bridgehead atoms. The quantitative estimate of drug-likeness (QED) is 0.621. The second-order valence-corrected chi connectivity index (χ2v) is 5.26. The molecule has 4 aromatic heterocycles. The van der Waals surface area contributed by atoms with Gasteiger partial charge in [0.05, 0.1) is 31.4 Å². The minimum absolute atomic E-state index is 0.568. The van der Waals surface area contributed by atoms with Gasteiger partial charge in [0.2, 0.25) is 5.88 Å². The van der Waals surface area contributed by atoms with Crippen LogP contribution in [0.2, 0.25) is 0 Å². The van der Waals surface area contributed by atoms with Crippen molar-refractivity contribution >= 4 is 17.2 Å². The number of nitrogens with zero attached hydrogens (tertiary/aromatic N) is 6. The van der Waals surface area contributed by atoms with Crippen molar-refractivity contribution in [2.75, 3.05) is 12.4 Å². The first kappa shape index (κ1) is 14.2. The van der Waals surface area contributed by atoms with E-state index < -0.39 is 0 Å². The lowest BCUT2D eigenvalue weighted by atomic mass is 10.2. The van der Waals surface area contributed by atoms with Crippen molar-refractivity contribution in [3.8, 4) is 17.0 Å². The van der Waals surface area contributed by atoms with E-state index in [9.17, 15) is 0 Å². The standard InChI is InChI=1S/C16H15N7O/c1-22-10-11(7-18-22)13-9-19-23-6-5-14(21-16(13)23)20-12-3-4-15(24-2)17-8-12/h3-10H,1-2H3,(H,20,21). The number of methoxy groups -OCH3 is 1. The lowest BCUT2D eigenvalue weighted by molar-refractivity contribution is 0.398. The molecule has 0 aliphatic heterocycles. The monoisotopic (exact) mass is 321 g/mol. The third-order valence-corrected chi connectivity index (χ3v) is 3.60. The molecular weight excluding hydrogens is 306 g/mol. The second-order valence-electron chi connectivity index (χ2n) is 5.26. The molecule has 0 aliphatic carbocycles. The van der Waals surface area contributed by atoms with Gasteiger partial charge in [-0.15, -0.1) is 0 Å². The van der Waals surface area contributed by atoms with E-state index in [2.05, 4.69) is 25.5 Å². The highest BCUT2D eigenvalue weighted by molar-refractivity contribution is 5.77. The average molecular weight is 321 g/mol. The highest BCUT2D eigenvalue weighted by Gasteiger charge is 2.10. The first-order valence-corrected chi connectivity index (χ1v) is 7.33. The minimum Gasteiger partial charge on any atom is -0.481 e. The van der Waals surface area contributed by atoms with Crippen LogP contribution in [0.4, 0.5) is 11.5 Å². The summed E-state index contributed by atoms with van der Waals surface area (Å²) in [6.45, 7) is 0. The topological polar surface area (TPSA) is 82.2 Å². The van der Waals surface area contributed by atoms with E-state index in [1.54, 1.807) is 41.0 Å². The van der Waals surface area contributed by atoms with Crippen molar-refractivity contribution in [3.63, 3.8) is 0 Å². The summed E-state index contributed by atoms with van der Waals surface area (Å²) in [5.41, 5.74) is 3.49. The summed E-state index contributed by atoms with van der Waals surface area (Å²) in [6, 6.07) is 5.54. The number of rotatable bonds is 4. The van der Waals surface area contributed by atoms with Crippen LogP contribution in [-0.4, -0.2) is 36.5 Å². The van der Waals surface area contributed by atoms with E-state index in [1.165, 1.54) is 0 Å². The fraction of sp³-hybridized carbons (Fsp3) is 0.125. The maximum absolute atomic E-state index is 5.06. The van der Waals surface area contributed by atoms with Crippen LogP contribution in [0, 0.1) is 0 Å². The van der Waals surface area contributed by atoms with E-state index >= 15 is 0 Å². The molecule has 24 heavy (non-hydrogen) atoms. The Hall–Kier alpha value is -3.42. The summed E-state index contributed by atoms with van der Waals surface area (Å²) in [4.78, 5) is 8.82. The first-order chi connectivity index (χ1) is 11.7. The Morgan fingerprint density at radius 3 is 2.71 bits per heavy atom. The Balaban J connectivity index is 1.69. The maximum Gasteiger partial charge on any atom is 0.213 e. The van der Waals surface area contributed by atoms with Gasteiger partial charge in [0.25, 0.3) is 0 Å². The Bertz CT molecular complexity index is 987. The molecule has 0 unspecified atom stereocenters. The molecule has 4 heterocycles.